The summed E-state index contributed by atoms with van der Waals surface area (Å²) in [5.41, 5.74) is 0.583. The molecule has 1 saturated heterocycles. The van der Waals surface area contributed by atoms with Crippen LogP contribution in [0.3, 0.4) is 0 Å². The second-order valence-corrected chi connectivity index (χ2v) is 5.14. The molecule has 2 atom stereocenters. The quantitative estimate of drug-likeness (QED) is 0.882. The van der Waals surface area contributed by atoms with Crippen molar-refractivity contribution >= 4 is 17.7 Å². The predicted molar refractivity (Wildman–Crippen MR) is 62.2 cm³/mol. The maximum absolute atomic E-state index is 13.1. The molecule has 0 spiro atoms. The number of halogens is 1. The fraction of sp³-hybridized carbons (Fsp3) is 0.417. The van der Waals surface area contributed by atoms with Crippen LogP contribution in [-0.2, 0) is 4.79 Å². The average Bonchev–Trinajstić information content (AvgIpc) is 2.71. The number of thioether (sulfide) groups is 1. The highest BCUT2D eigenvalue weighted by atomic mass is 32.2. The number of carboxylic acids is 1. The van der Waals surface area contributed by atoms with E-state index in [1.165, 1.54) is 12.1 Å². The smallest absolute Gasteiger partial charge is 0.311 e. The average molecular weight is 240 g/mol. The van der Waals surface area contributed by atoms with Crippen molar-refractivity contribution < 1.29 is 14.3 Å². The molecule has 4 heteroatoms. The standard InChI is InChI=1S/C12H13FO2S/c13-10-3-1-2-8(6-10)11(12(14)15)9-4-5-16-7-9/h1-3,6,9,11H,4-5,7H2,(H,14,15). The summed E-state index contributed by atoms with van der Waals surface area (Å²) < 4.78 is 13.1. The summed E-state index contributed by atoms with van der Waals surface area (Å²) in [6.07, 6.45) is 0.901. The van der Waals surface area contributed by atoms with Crippen LogP contribution < -0.4 is 0 Å². The number of hydrogen-bond acceptors (Lipinski definition) is 2. The van der Waals surface area contributed by atoms with Crippen LogP contribution in [0.2, 0.25) is 0 Å². The van der Waals surface area contributed by atoms with Gasteiger partial charge in [0.05, 0.1) is 5.92 Å². The zero-order valence-electron chi connectivity index (χ0n) is 8.73. The third-order valence-corrected chi connectivity index (χ3v) is 4.10. The van der Waals surface area contributed by atoms with Gasteiger partial charge < -0.3 is 5.11 Å². The first-order chi connectivity index (χ1) is 7.68. The van der Waals surface area contributed by atoms with Crippen LogP contribution in [0, 0.1) is 11.7 Å². The minimum absolute atomic E-state index is 0.129. The first kappa shape index (κ1) is 11.5. The van der Waals surface area contributed by atoms with Gasteiger partial charge in [0.15, 0.2) is 0 Å². The zero-order chi connectivity index (χ0) is 11.5. The molecule has 1 N–H and O–H groups in total. The molecule has 2 rings (SSSR count). The third-order valence-electron chi connectivity index (χ3n) is 2.91. The molecule has 0 saturated carbocycles. The molecule has 2 unspecified atom stereocenters. The lowest BCUT2D eigenvalue weighted by molar-refractivity contribution is -0.140. The number of benzene rings is 1. The van der Waals surface area contributed by atoms with Crippen LogP contribution >= 0.6 is 11.8 Å². The molecule has 1 aliphatic heterocycles. The summed E-state index contributed by atoms with van der Waals surface area (Å²) in [5, 5.41) is 9.25. The van der Waals surface area contributed by atoms with E-state index in [4.69, 9.17) is 0 Å². The van der Waals surface area contributed by atoms with Crippen molar-refractivity contribution in [3.05, 3.63) is 35.6 Å². The van der Waals surface area contributed by atoms with E-state index in [0.29, 0.717) is 5.56 Å². The van der Waals surface area contributed by atoms with Crippen LogP contribution in [0.1, 0.15) is 17.9 Å². The first-order valence-corrected chi connectivity index (χ1v) is 6.40. The van der Waals surface area contributed by atoms with Gasteiger partial charge in [-0.1, -0.05) is 12.1 Å². The summed E-state index contributed by atoms with van der Waals surface area (Å²) in [6, 6.07) is 5.95. The fourth-order valence-electron chi connectivity index (χ4n) is 2.13. The van der Waals surface area contributed by atoms with Gasteiger partial charge in [0.2, 0.25) is 0 Å². The summed E-state index contributed by atoms with van der Waals surface area (Å²) in [6.45, 7) is 0. The van der Waals surface area contributed by atoms with Crippen molar-refractivity contribution in [3.63, 3.8) is 0 Å². The summed E-state index contributed by atoms with van der Waals surface area (Å²) >= 11 is 1.77. The van der Waals surface area contributed by atoms with Gasteiger partial charge in [0.1, 0.15) is 5.82 Å². The SMILES string of the molecule is O=C(O)C(c1cccc(F)c1)C1CCSC1. The lowest BCUT2D eigenvalue weighted by Crippen LogP contribution is -2.21. The minimum atomic E-state index is -0.849. The molecule has 1 aromatic carbocycles. The normalized spacial score (nSPS) is 21.9. The van der Waals surface area contributed by atoms with Crippen LogP contribution in [0.25, 0.3) is 0 Å². The first-order valence-electron chi connectivity index (χ1n) is 5.24. The van der Waals surface area contributed by atoms with Gasteiger partial charge in [0, 0.05) is 0 Å². The second-order valence-electron chi connectivity index (χ2n) is 3.99. The molecule has 86 valence electrons. The number of rotatable bonds is 3. The molecule has 1 aliphatic rings. The number of carboxylic acid groups (broad SMARTS) is 1. The van der Waals surface area contributed by atoms with Gasteiger partial charge >= 0.3 is 5.97 Å². The molecule has 1 heterocycles. The van der Waals surface area contributed by atoms with Crippen molar-refractivity contribution in [1.82, 2.24) is 0 Å². The lowest BCUT2D eigenvalue weighted by Gasteiger charge is -2.18. The molecule has 2 nitrogen and oxygen atoms in total. The molecular formula is C12H13FO2S. The van der Waals surface area contributed by atoms with E-state index in [-0.39, 0.29) is 11.7 Å². The van der Waals surface area contributed by atoms with E-state index in [1.807, 2.05) is 0 Å². The Kier molecular flexibility index (Phi) is 3.49. The monoisotopic (exact) mass is 240 g/mol. The van der Waals surface area contributed by atoms with E-state index in [9.17, 15) is 14.3 Å². The van der Waals surface area contributed by atoms with Crippen molar-refractivity contribution in [2.24, 2.45) is 5.92 Å². The minimum Gasteiger partial charge on any atom is -0.481 e. The Morgan fingerprint density at radius 2 is 2.38 bits per heavy atom. The highest BCUT2D eigenvalue weighted by molar-refractivity contribution is 7.99. The van der Waals surface area contributed by atoms with E-state index in [0.717, 1.165) is 17.9 Å². The number of carbonyl (C=O) groups is 1. The van der Waals surface area contributed by atoms with Crippen molar-refractivity contribution in [1.29, 1.82) is 0 Å². The zero-order valence-corrected chi connectivity index (χ0v) is 9.54. The van der Waals surface area contributed by atoms with Gasteiger partial charge in [-0.15, -0.1) is 0 Å². The Morgan fingerprint density at radius 1 is 1.56 bits per heavy atom. The predicted octanol–water partition coefficient (Wildman–Crippen LogP) is 2.75. The maximum Gasteiger partial charge on any atom is 0.311 e. The summed E-state index contributed by atoms with van der Waals surface area (Å²) in [7, 11) is 0. The van der Waals surface area contributed by atoms with Crippen molar-refractivity contribution in [2.75, 3.05) is 11.5 Å². The van der Waals surface area contributed by atoms with Gasteiger partial charge in [-0.3, -0.25) is 4.79 Å². The van der Waals surface area contributed by atoms with Crippen LogP contribution in [0.15, 0.2) is 24.3 Å². The number of aliphatic carboxylic acids is 1. The Balaban J connectivity index is 2.28. The molecule has 1 aromatic rings. The van der Waals surface area contributed by atoms with Crippen LogP contribution in [0.5, 0.6) is 0 Å². The number of hydrogen-bond donors (Lipinski definition) is 1. The Morgan fingerprint density at radius 3 is 2.94 bits per heavy atom. The van der Waals surface area contributed by atoms with E-state index in [2.05, 4.69) is 0 Å². The summed E-state index contributed by atoms with van der Waals surface area (Å²) in [5.74, 6) is 0.208. The van der Waals surface area contributed by atoms with Crippen LogP contribution in [0.4, 0.5) is 4.39 Å². The maximum atomic E-state index is 13.1. The Bertz CT molecular complexity index is 388. The molecule has 0 amide bonds. The van der Waals surface area contributed by atoms with Crippen molar-refractivity contribution in [2.45, 2.75) is 12.3 Å². The largest absolute Gasteiger partial charge is 0.481 e. The molecular weight excluding hydrogens is 227 g/mol. The van der Waals surface area contributed by atoms with E-state index < -0.39 is 11.9 Å². The molecule has 0 aromatic heterocycles. The third kappa shape index (κ3) is 2.38. The molecule has 0 radical (unpaired) electrons. The highest BCUT2D eigenvalue weighted by Gasteiger charge is 2.32. The van der Waals surface area contributed by atoms with Crippen LogP contribution in [-0.4, -0.2) is 22.6 Å². The Hall–Kier alpha value is -1.03. The Labute approximate surface area is 97.9 Å². The molecule has 1 fully saturated rings. The van der Waals surface area contributed by atoms with E-state index in [1.54, 1.807) is 23.9 Å². The van der Waals surface area contributed by atoms with Gasteiger partial charge in [-0.25, -0.2) is 4.39 Å². The molecule has 16 heavy (non-hydrogen) atoms. The van der Waals surface area contributed by atoms with Crippen molar-refractivity contribution in [3.8, 4) is 0 Å². The van der Waals surface area contributed by atoms with Gasteiger partial charge in [-0.2, -0.15) is 11.8 Å². The lowest BCUT2D eigenvalue weighted by atomic mass is 9.86. The van der Waals surface area contributed by atoms with Gasteiger partial charge in [-0.05, 0) is 41.5 Å². The topological polar surface area (TPSA) is 37.3 Å². The molecule has 0 bridgehead atoms. The highest BCUT2D eigenvalue weighted by Crippen LogP contribution is 2.36. The molecule has 0 aliphatic carbocycles. The van der Waals surface area contributed by atoms with E-state index >= 15 is 0 Å². The fourth-order valence-corrected chi connectivity index (χ4v) is 3.43. The second kappa shape index (κ2) is 4.87. The summed E-state index contributed by atoms with van der Waals surface area (Å²) in [4.78, 5) is 11.3. The van der Waals surface area contributed by atoms with Gasteiger partial charge in [0.25, 0.3) is 0 Å².